The Kier molecular flexibility index (Phi) is 3.52. The van der Waals surface area contributed by atoms with E-state index >= 15 is 0 Å². The minimum Gasteiger partial charge on any atom is -0.382 e. The van der Waals surface area contributed by atoms with Crippen LogP contribution in [0.25, 0.3) is 0 Å². The van der Waals surface area contributed by atoms with Crippen LogP contribution in [0.4, 0.5) is 5.69 Å². The van der Waals surface area contributed by atoms with Crippen molar-refractivity contribution in [1.29, 1.82) is 0 Å². The molecule has 1 unspecified atom stereocenters. The molecule has 0 radical (unpaired) electrons. The SMILES string of the molecule is CC(Nc1ccnc(C(N)=O)c1)C(C)(C)C. The summed E-state index contributed by atoms with van der Waals surface area (Å²) in [5.41, 5.74) is 6.47. The Bertz CT molecular complexity index is 382. The van der Waals surface area contributed by atoms with Crippen LogP contribution in [0.15, 0.2) is 18.3 Å². The first-order valence-electron chi connectivity index (χ1n) is 5.33. The fourth-order valence-corrected chi connectivity index (χ4v) is 1.12. The summed E-state index contributed by atoms with van der Waals surface area (Å²) in [5.74, 6) is -0.507. The van der Waals surface area contributed by atoms with E-state index in [1.165, 1.54) is 0 Å². The highest BCUT2D eigenvalue weighted by Crippen LogP contribution is 2.22. The lowest BCUT2D eigenvalue weighted by Crippen LogP contribution is -2.30. The number of hydrogen-bond donors (Lipinski definition) is 2. The van der Waals surface area contributed by atoms with Crippen LogP contribution in [0.3, 0.4) is 0 Å². The molecule has 0 aliphatic rings. The minimum atomic E-state index is -0.507. The van der Waals surface area contributed by atoms with Crippen LogP contribution in [0, 0.1) is 5.41 Å². The predicted molar refractivity (Wildman–Crippen MR) is 65.3 cm³/mol. The molecule has 1 heterocycles. The van der Waals surface area contributed by atoms with Crippen molar-refractivity contribution >= 4 is 11.6 Å². The molecule has 0 aliphatic carbocycles. The molecule has 0 spiro atoms. The second kappa shape index (κ2) is 4.51. The molecule has 1 aromatic rings. The van der Waals surface area contributed by atoms with Crippen molar-refractivity contribution in [3.63, 3.8) is 0 Å². The monoisotopic (exact) mass is 221 g/mol. The van der Waals surface area contributed by atoms with Gasteiger partial charge in [0.15, 0.2) is 0 Å². The normalized spacial score (nSPS) is 13.2. The summed E-state index contributed by atoms with van der Waals surface area (Å²) in [5, 5.41) is 3.33. The Balaban J connectivity index is 2.82. The van der Waals surface area contributed by atoms with Crippen LogP contribution in [0.5, 0.6) is 0 Å². The molecule has 3 N–H and O–H groups in total. The Morgan fingerprint density at radius 2 is 2.12 bits per heavy atom. The third-order valence-electron chi connectivity index (χ3n) is 2.69. The van der Waals surface area contributed by atoms with Gasteiger partial charge in [0.05, 0.1) is 0 Å². The van der Waals surface area contributed by atoms with Gasteiger partial charge in [0.2, 0.25) is 0 Å². The fraction of sp³-hybridized carbons (Fsp3) is 0.500. The highest BCUT2D eigenvalue weighted by Gasteiger charge is 2.19. The third-order valence-corrected chi connectivity index (χ3v) is 2.69. The van der Waals surface area contributed by atoms with E-state index < -0.39 is 5.91 Å². The number of nitrogens with one attached hydrogen (secondary N) is 1. The van der Waals surface area contributed by atoms with Crippen LogP contribution >= 0.6 is 0 Å². The van der Waals surface area contributed by atoms with Gasteiger partial charge in [0.25, 0.3) is 5.91 Å². The van der Waals surface area contributed by atoms with Crippen LogP contribution in [-0.2, 0) is 0 Å². The van der Waals surface area contributed by atoms with Crippen molar-refractivity contribution in [2.24, 2.45) is 11.1 Å². The number of aromatic nitrogens is 1. The largest absolute Gasteiger partial charge is 0.382 e. The van der Waals surface area contributed by atoms with Gasteiger partial charge in [-0.25, -0.2) is 0 Å². The summed E-state index contributed by atoms with van der Waals surface area (Å²) in [7, 11) is 0. The number of anilines is 1. The molecule has 0 aliphatic heterocycles. The molecule has 4 heteroatoms. The third kappa shape index (κ3) is 3.22. The van der Waals surface area contributed by atoms with Gasteiger partial charge in [-0.1, -0.05) is 20.8 Å². The van der Waals surface area contributed by atoms with Crippen LogP contribution < -0.4 is 11.1 Å². The molecular weight excluding hydrogens is 202 g/mol. The second-order valence-electron chi connectivity index (χ2n) is 5.03. The molecule has 1 rings (SSSR count). The van der Waals surface area contributed by atoms with Gasteiger partial charge < -0.3 is 11.1 Å². The molecule has 1 amide bonds. The van der Waals surface area contributed by atoms with Gasteiger partial charge in [-0.3, -0.25) is 9.78 Å². The molecular formula is C12H19N3O. The number of nitrogens with zero attached hydrogens (tertiary/aromatic N) is 1. The smallest absolute Gasteiger partial charge is 0.267 e. The average Bonchev–Trinajstić information content (AvgIpc) is 2.16. The standard InChI is InChI=1S/C12H19N3O/c1-8(12(2,3)4)15-9-5-6-14-10(7-9)11(13)16/h5-8H,1-4H3,(H2,13,16)(H,14,15). The van der Waals surface area contributed by atoms with Crippen molar-refractivity contribution in [2.75, 3.05) is 5.32 Å². The Hall–Kier alpha value is -1.58. The Morgan fingerprint density at radius 1 is 1.50 bits per heavy atom. The Labute approximate surface area is 96.3 Å². The molecule has 0 saturated heterocycles. The molecule has 0 fully saturated rings. The number of primary amides is 1. The van der Waals surface area contributed by atoms with E-state index in [4.69, 9.17) is 5.73 Å². The number of pyridine rings is 1. The van der Waals surface area contributed by atoms with Gasteiger partial charge in [-0.05, 0) is 24.5 Å². The first kappa shape index (κ1) is 12.5. The predicted octanol–water partition coefficient (Wildman–Crippen LogP) is 2.03. The summed E-state index contributed by atoms with van der Waals surface area (Å²) < 4.78 is 0. The number of rotatable bonds is 3. The van der Waals surface area contributed by atoms with Crippen molar-refractivity contribution in [3.8, 4) is 0 Å². The minimum absolute atomic E-state index is 0.149. The zero-order valence-electron chi connectivity index (χ0n) is 10.2. The molecule has 0 saturated carbocycles. The number of carbonyl (C=O) groups excluding carboxylic acids is 1. The van der Waals surface area contributed by atoms with Crippen LogP contribution in [-0.4, -0.2) is 16.9 Å². The van der Waals surface area contributed by atoms with Crippen molar-refractivity contribution in [2.45, 2.75) is 33.7 Å². The molecule has 1 aromatic heterocycles. The second-order valence-corrected chi connectivity index (χ2v) is 5.03. The highest BCUT2D eigenvalue weighted by atomic mass is 16.1. The maximum absolute atomic E-state index is 11.0. The summed E-state index contributed by atoms with van der Waals surface area (Å²) in [4.78, 5) is 14.9. The molecule has 0 aromatic carbocycles. The number of amides is 1. The van der Waals surface area contributed by atoms with Crippen molar-refractivity contribution < 1.29 is 4.79 Å². The number of carbonyl (C=O) groups is 1. The average molecular weight is 221 g/mol. The molecule has 0 bridgehead atoms. The number of hydrogen-bond acceptors (Lipinski definition) is 3. The molecule has 1 atom stereocenters. The van der Waals surface area contributed by atoms with Crippen LogP contribution in [0.2, 0.25) is 0 Å². The summed E-state index contributed by atoms with van der Waals surface area (Å²) >= 11 is 0. The van der Waals surface area contributed by atoms with E-state index in [2.05, 4.69) is 38.0 Å². The van der Waals surface area contributed by atoms with Crippen molar-refractivity contribution in [3.05, 3.63) is 24.0 Å². The fourth-order valence-electron chi connectivity index (χ4n) is 1.12. The van der Waals surface area contributed by atoms with Gasteiger partial charge in [-0.2, -0.15) is 0 Å². The van der Waals surface area contributed by atoms with Crippen LogP contribution in [0.1, 0.15) is 38.2 Å². The van der Waals surface area contributed by atoms with Crippen molar-refractivity contribution in [1.82, 2.24) is 4.98 Å². The van der Waals surface area contributed by atoms with E-state index in [1.807, 2.05) is 6.07 Å². The topological polar surface area (TPSA) is 68.0 Å². The summed E-state index contributed by atoms with van der Waals surface area (Å²) in [6.45, 7) is 8.56. The van der Waals surface area contributed by atoms with Gasteiger partial charge in [-0.15, -0.1) is 0 Å². The molecule has 88 valence electrons. The lowest BCUT2D eigenvalue weighted by atomic mass is 9.88. The van der Waals surface area contributed by atoms with E-state index in [9.17, 15) is 4.79 Å². The quantitative estimate of drug-likeness (QED) is 0.820. The first-order chi connectivity index (χ1) is 7.30. The molecule has 16 heavy (non-hydrogen) atoms. The van der Waals surface area contributed by atoms with E-state index in [-0.39, 0.29) is 17.2 Å². The highest BCUT2D eigenvalue weighted by molar-refractivity contribution is 5.91. The van der Waals surface area contributed by atoms with E-state index in [0.717, 1.165) is 5.69 Å². The number of nitrogens with two attached hydrogens (primary N) is 1. The lowest BCUT2D eigenvalue weighted by molar-refractivity contribution is 0.0995. The Morgan fingerprint density at radius 3 is 2.62 bits per heavy atom. The molecule has 4 nitrogen and oxygen atoms in total. The van der Waals surface area contributed by atoms with Gasteiger partial charge in [0, 0.05) is 17.9 Å². The zero-order valence-corrected chi connectivity index (χ0v) is 10.2. The maximum Gasteiger partial charge on any atom is 0.267 e. The summed E-state index contributed by atoms with van der Waals surface area (Å²) in [6, 6.07) is 3.79. The van der Waals surface area contributed by atoms with Gasteiger partial charge >= 0.3 is 0 Å². The first-order valence-corrected chi connectivity index (χ1v) is 5.33. The maximum atomic E-state index is 11.0. The summed E-state index contributed by atoms with van der Waals surface area (Å²) in [6.07, 6.45) is 1.58. The zero-order chi connectivity index (χ0) is 12.3. The lowest BCUT2D eigenvalue weighted by Gasteiger charge is -2.29. The van der Waals surface area contributed by atoms with E-state index in [0.29, 0.717) is 0 Å². The van der Waals surface area contributed by atoms with E-state index in [1.54, 1.807) is 12.3 Å². The van der Waals surface area contributed by atoms with Gasteiger partial charge in [0.1, 0.15) is 5.69 Å².